The maximum atomic E-state index is 12.9. The fourth-order valence-corrected chi connectivity index (χ4v) is 1.79. The predicted molar refractivity (Wildman–Crippen MR) is 68.1 cm³/mol. The summed E-state index contributed by atoms with van der Waals surface area (Å²) in [7, 11) is 0. The van der Waals surface area contributed by atoms with Gasteiger partial charge in [0.2, 0.25) is 0 Å². The zero-order valence-electron chi connectivity index (χ0n) is 10.5. The smallest absolute Gasteiger partial charge is 0.123 e. The highest BCUT2D eigenvalue weighted by atomic mass is 19.1. The highest BCUT2D eigenvalue weighted by Gasteiger charge is 2.23. The highest BCUT2D eigenvalue weighted by Crippen LogP contribution is 2.28. The zero-order chi connectivity index (χ0) is 12.3. The summed E-state index contributed by atoms with van der Waals surface area (Å²) in [6, 6.07) is 6.55. The number of allylic oxidation sites excluding steroid dienone is 1. The van der Waals surface area contributed by atoms with Crippen molar-refractivity contribution in [1.29, 1.82) is 0 Å². The van der Waals surface area contributed by atoms with E-state index in [2.05, 4.69) is 39.2 Å². The van der Waals surface area contributed by atoms with E-state index in [0.29, 0.717) is 0 Å². The van der Waals surface area contributed by atoms with Crippen molar-refractivity contribution in [3.8, 4) is 0 Å². The van der Waals surface area contributed by atoms with Gasteiger partial charge in [0.05, 0.1) is 0 Å². The summed E-state index contributed by atoms with van der Waals surface area (Å²) >= 11 is 0. The van der Waals surface area contributed by atoms with Crippen LogP contribution in [0.5, 0.6) is 0 Å². The molecule has 1 rings (SSSR count). The topological polar surface area (TPSA) is 3.24 Å². The normalized spacial score (nSPS) is 11.3. The van der Waals surface area contributed by atoms with Crippen LogP contribution in [0.25, 0.3) is 0 Å². The molecule has 0 N–H and O–H groups in total. The quantitative estimate of drug-likeness (QED) is 0.733. The average Bonchev–Trinajstić information content (AvgIpc) is 2.19. The summed E-state index contributed by atoms with van der Waals surface area (Å²) in [5, 5.41) is 0. The van der Waals surface area contributed by atoms with Crippen LogP contribution in [0.15, 0.2) is 36.5 Å². The Morgan fingerprint density at radius 2 is 1.75 bits per heavy atom. The number of anilines is 1. The SMILES string of the molecule is C=C(CC)N(c1ccc(F)cc1)C(C)(C)C. The molecule has 88 valence electrons. The van der Waals surface area contributed by atoms with Crippen LogP contribution in [-0.4, -0.2) is 5.54 Å². The molecule has 0 aliphatic rings. The lowest BCUT2D eigenvalue weighted by Gasteiger charge is -2.39. The van der Waals surface area contributed by atoms with Crippen LogP contribution in [0.4, 0.5) is 10.1 Å². The van der Waals surface area contributed by atoms with Crippen LogP contribution < -0.4 is 4.90 Å². The number of hydrogen-bond acceptors (Lipinski definition) is 1. The molecular weight excluding hydrogens is 201 g/mol. The minimum Gasteiger partial charge on any atom is -0.340 e. The summed E-state index contributed by atoms with van der Waals surface area (Å²) in [6.45, 7) is 12.5. The Hall–Kier alpha value is -1.31. The summed E-state index contributed by atoms with van der Waals surface area (Å²) in [5.41, 5.74) is 1.98. The van der Waals surface area contributed by atoms with E-state index in [1.165, 1.54) is 12.1 Å². The lowest BCUT2D eigenvalue weighted by Crippen LogP contribution is -2.40. The van der Waals surface area contributed by atoms with Crippen molar-refractivity contribution in [3.63, 3.8) is 0 Å². The van der Waals surface area contributed by atoms with E-state index in [1.807, 2.05) is 0 Å². The lowest BCUT2D eigenvalue weighted by molar-refractivity contribution is 0.534. The highest BCUT2D eigenvalue weighted by molar-refractivity contribution is 5.53. The molecule has 0 aliphatic heterocycles. The minimum atomic E-state index is -0.209. The largest absolute Gasteiger partial charge is 0.340 e. The predicted octanol–water partition coefficient (Wildman–Crippen LogP) is 4.35. The molecule has 1 aromatic rings. The van der Waals surface area contributed by atoms with Gasteiger partial charge >= 0.3 is 0 Å². The van der Waals surface area contributed by atoms with Crippen molar-refractivity contribution in [2.75, 3.05) is 4.90 Å². The lowest BCUT2D eigenvalue weighted by atomic mass is 10.0. The Kier molecular flexibility index (Phi) is 3.74. The average molecular weight is 221 g/mol. The molecule has 0 fully saturated rings. The fraction of sp³-hybridized carbons (Fsp3) is 0.429. The van der Waals surface area contributed by atoms with E-state index in [1.54, 1.807) is 12.1 Å². The van der Waals surface area contributed by atoms with Crippen LogP contribution in [0.2, 0.25) is 0 Å². The van der Waals surface area contributed by atoms with E-state index in [-0.39, 0.29) is 11.4 Å². The summed E-state index contributed by atoms with van der Waals surface area (Å²) < 4.78 is 12.9. The molecule has 1 aromatic carbocycles. The molecule has 0 unspecified atom stereocenters. The maximum absolute atomic E-state index is 12.9. The van der Waals surface area contributed by atoms with Gasteiger partial charge in [-0.05, 0) is 51.5 Å². The molecule has 1 nitrogen and oxygen atoms in total. The van der Waals surface area contributed by atoms with E-state index in [9.17, 15) is 4.39 Å². The Morgan fingerprint density at radius 3 is 2.12 bits per heavy atom. The van der Waals surface area contributed by atoms with Crippen molar-refractivity contribution in [3.05, 3.63) is 42.4 Å². The van der Waals surface area contributed by atoms with E-state index < -0.39 is 0 Å². The summed E-state index contributed by atoms with van der Waals surface area (Å²) in [4.78, 5) is 2.15. The molecular formula is C14H20FN. The van der Waals surface area contributed by atoms with Crippen molar-refractivity contribution < 1.29 is 4.39 Å². The number of rotatable bonds is 3. The molecule has 0 bridgehead atoms. The second-order valence-corrected chi connectivity index (χ2v) is 4.90. The van der Waals surface area contributed by atoms with Gasteiger partial charge in [-0.3, -0.25) is 0 Å². The van der Waals surface area contributed by atoms with Gasteiger partial charge in [0.15, 0.2) is 0 Å². The molecule has 0 spiro atoms. The molecule has 0 aromatic heterocycles. The molecule has 0 aliphatic carbocycles. The standard InChI is InChI=1S/C14H20FN/c1-6-11(2)16(14(3,4)5)13-9-7-12(15)8-10-13/h7-10H,2,6H2,1,3-5H3. The molecule has 2 heteroatoms. The monoisotopic (exact) mass is 221 g/mol. The Bertz CT molecular complexity index is 359. The van der Waals surface area contributed by atoms with Gasteiger partial charge in [0, 0.05) is 16.9 Å². The molecule has 0 saturated heterocycles. The van der Waals surface area contributed by atoms with Gasteiger partial charge in [-0.15, -0.1) is 0 Å². The second-order valence-electron chi connectivity index (χ2n) is 4.90. The summed E-state index contributed by atoms with van der Waals surface area (Å²) in [5.74, 6) is -0.209. The van der Waals surface area contributed by atoms with Gasteiger partial charge in [-0.1, -0.05) is 13.5 Å². The molecule has 0 saturated carbocycles. The van der Waals surface area contributed by atoms with Crippen molar-refractivity contribution in [1.82, 2.24) is 0 Å². The van der Waals surface area contributed by atoms with Crippen molar-refractivity contribution in [2.24, 2.45) is 0 Å². The minimum absolute atomic E-state index is 0.0507. The van der Waals surface area contributed by atoms with Crippen LogP contribution >= 0.6 is 0 Å². The van der Waals surface area contributed by atoms with Gasteiger partial charge in [-0.2, -0.15) is 0 Å². The van der Waals surface area contributed by atoms with Crippen LogP contribution in [0.3, 0.4) is 0 Å². The first-order valence-corrected chi connectivity index (χ1v) is 5.60. The molecule has 0 atom stereocenters. The van der Waals surface area contributed by atoms with Crippen molar-refractivity contribution >= 4 is 5.69 Å². The number of benzene rings is 1. The molecule has 0 amide bonds. The molecule has 16 heavy (non-hydrogen) atoms. The Balaban J connectivity index is 3.11. The van der Waals surface area contributed by atoms with Crippen LogP contribution in [0, 0.1) is 5.82 Å². The third kappa shape index (κ3) is 2.84. The Morgan fingerprint density at radius 1 is 1.25 bits per heavy atom. The maximum Gasteiger partial charge on any atom is 0.123 e. The first-order valence-electron chi connectivity index (χ1n) is 5.60. The van der Waals surface area contributed by atoms with Gasteiger partial charge in [0.25, 0.3) is 0 Å². The Labute approximate surface area is 97.6 Å². The fourth-order valence-electron chi connectivity index (χ4n) is 1.79. The second kappa shape index (κ2) is 4.69. The van der Waals surface area contributed by atoms with Crippen LogP contribution in [0.1, 0.15) is 34.1 Å². The van der Waals surface area contributed by atoms with Gasteiger partial charge in [0.1, 0.15) is 5.82 Å². The first-order chi connectivity index (χ1) is 7.36. The molecule has 0 radical (unpaired) electrons. The summed E-state index contributed by atoms with van der Waals surface area (Å²) in [6.07, 6.45) is 0.884. The number of nitrogens with zero attached hydrogens (tertiary/aromatic N) is 1. The third-order valence-electron chi connectivity index (χ3n) is 2.48. The van der Waals surface area contributed by atoms with Gasteiger partial charge in [-0.25, -0.2) is 4.39 Å². The van der Waals surface area contributed by atoms with E-state index in [4.69, 9.17) is 0 Å². The van der Waals surface area contributed by atoms with Crippen LogP contribution in [-0.2, 0) is 0 Å². The van der Waals surface area contributed by atoms with E-state index >= 15 is 0 Å². The van der Waals surface area contributed by atoms with Crippen molar-refractivity contribution in [2.45, 2.75) is 39.7 Å². The zero-order valence-corrected chi connectivity index (χ0v) is 10.5. The first kappa shape index (κ1) is 12.8. The van der Waals surface area contributed by atoms with Gasteiger partial charge < -0.3 is 4.90 Å². The molecule has 0 heterocycles. The van der Waals surface area contributed by atoms with E-state index in [0.717, 1.165) is 17.8 Å². The number of halogens is 1. The third-order valence-corrected chi connectivity index (χ3v) is 2.48. The number of hydrogen-bond donors (Lipinski definition) is 0.